The molecule has 0 amide bonds. The molecule has 0 atom stereocenters. The van der Waals surface area contributed by atoms with Gasteiger partial charge in [-0.2, -0.15) is 0 Å². The summed E-state index contributed by atoms with van der Waals surface area (Å²) in [6, 6.07) is 0. The smallest absolute Gasteiger partial charge is 2.00 e. The van der Waals surface area contributed by atoms with Crippen LogP contribution in [-0.4, -0.2) is 0 Å². The predicted octanol–water partition coefficient (Wildman–Crippen LogP) is -0.480. The molecular formula is FeO4W-6. The summed E-state index contributed by atoms with van der Waals surface area (Å²) in [7, 11) is 0. The zero-order valence-electron chi connectivity index (χ0n) is 2.39. The van der Waals surface area contributed by atoms with Crippen LogP contribution in [0.4, 0.5) is 0 Å². The van der Waals surface area contributed by atoms with Crippen molar-refractivity contribution in [2.24, 2.45) is 0 Å². The maximum atomic E-state index is 0. The summed E-state index contributed by atoms with van der Waals surface area (Å²) < 4.78 is 0. The molecule has 0 bridgehead atoms. The van der Waals surface area contributed by atoms with E-state index in [4.69, 9.17) is 0 Å². The molecule has 0 aliphatic heterocycles. The third-order valence-corrected chi connectivity index (χ3v) is 0. The van der Waals surface area contributed by atoms with Crippen molar-refractivity contribution in [3.05, 3.63) is 0 Å². The van der Waals surface area contributed by atoms with Gasteiger partial charge < -0.3 is 21.9 Å². The molecule has 4 nitrogen and oxygen atoms in total. The van der Waals surface area contributed by atoms with Crippen molar-refractivity contribution >= 4 is 0 Å². The van der Waals surface area contributed by atoms with Gasteiger partial charge in [-0.15, -0.1) is 0 Å². The van der Waals surface area contributed by atoms with Crippen LogP contribution in [0.1, 0.15) is 0 Å². The predicted molar refractivity (Wildman–Crippen MR) is 2.75 cm³/mol. The van der Waals surface area contributed by atoms with Gasteiger partial charge in [-0.05, 0) is 0 Å². The monoisotopic (exact) mass is 304 g/mol. The van der Waals surface area contributed by atoms with Crippen LogP contribution >= 0.6 is 0 Å². The van der Waals surface area contributed by atoms with E-state index >= 15 is 0 Å². The number of rotatable bonds is 0. The van der Waals surface area contributed by atoms with Crippen LogP contribution in [0.5, 0.6) is 0 Å². The summed E-state index contributed by atoms with van der Waals surface area (Å²) in [6.45, 7) is 0. The molecule has 0 saturated carbocycles. The van der Waals surface area contributed by atoms with E-state index in [0.29, 0.717) is 0 Å². The molecular weight excluding hydrogens is 304 g/mol. The van der Waals surface area contributed by atoms with Gasteiger partial charge in [0.1, 0.15) is 0 Å². The molecule has 0 spiro atoms. The van der Waals surface area contributed by atoms with Gasteiger partial charge in [-0.1, -0.05) is 0 Å². The van der Waals surface area contributed by atoms with Gasteiger partial charge >= 0.3 is 17.1 Å². The van der Waals surface area contributed by atoms with Crippen molar-refractivity contribution in [3.8, 4) is 0 Å². The Morgan fingerprint density at radius 1 is 0.500 bits per heavy atom. The molecule has 0 radical (unpaired) electrons. The fourth-order valence-electron chi connectivity index (χ4n) is 0. The van der Waals surface area contributed by atoms with Crippen LogP contribution in [0.3, 0.4) is 0 Å². The summed E-state index contributed by atoms with van der Waals surface area (Å²) in [5.41, 5.74) is 0. The number of hydrogen-bond donors (Lipinski definition) is 0. The van der Waals surface area contributed by atoms with E-state index in [1.165, 1.54) is 0 Å². The van der Waals surface area contributed by atoms with Crippen LogP contribution in [-0.2, 0) is 60.0 Å². The minimum Gasteiger partial charge on any atom is -2.00 e. The molecule has 0 aromatic rings. The van der Waals surface area contributed by atoms with E-state index in [-0.39, 0.29) is 60.0 Å². The zero-order chi connectivity index (χ0) is 0. The van der Waals surface area contributed by atoms with E-state index in [1.54, 1.807) is 0 Å². The Balaban J connectivity index is 0. The van der Waals surface area contributed by atoms with E-state index in [1.807, 2.05) is 0 Å². The van der Waals surface area contributed by atoms with E-state index < -0.39 is 0 Å². The molecule has 0 fully saturated rings. The number of hydrogen-bond acceptors (Lipinski definition) is 0. The molecule has 0 aliphatic rings. The molecule has 6 heteroatoms. The van der Waals surface area contributed by atoms with Gasteiger partial charge in [0.15, 0.2) is 0 Å². The maximum absolute atomic E-state index is 0. The molecule has 0 unspecified atom stereocenters. The topological polar surface area (TPSA) is 114 Å². The van der Waals surface area contributed by atoms with Crippen molar-refractivity contribution in [2.75, 3.05) is 0 Å². The second-order valence-electron chi connectivity index (χ2n) is 0. The molecule has 6 heavy (non-hydrogen) atoms. The first kappa shape index (κ1) is 235. The molecule has 0 N–H and O–H groups in total. The minimum absolute atomic E-state index is 0. The molecule has 44 valence electrons. The fourth-order valence-corrected chi connectivity index (χ4v) is 0. The second-order valence-corrected chi connectivity index (χ2v) is 0. The quantitative estimate of drug-likeness (QED) is 0.538. The van der Waals surface area contributed by atoms with Crippen LogP contribution in [0, 0.1) is 0 Å². The first-order valence-electron chi connectivity index (χ1n) is 0. The first-order chi connectivity index (χ1) is 0. The summed E-state index contributed by atoms with van der Waals surface area (Å²) in [5, 5.41) is 0. The van der Waals surface area contributed by atoms with Gasteiger partial charge in [0.25, 0.3) is 0 Å². The Bertz CT molecular complexity index is 7.51. The normalized spacial score (nSPS) is 0. The third-order valence-electron chi connectivity index (χ3n) is 0. The largest absolute Gasteiger partial charge is 2.00 e. The van der Waals surface area contributed by atoms with Crippen LogP contribution < -0.4 is 0 Å². The summed E-state index contributed by atoms with van der Waals surface area (Å²) >= 11 is 0. The maximum Gasteiger partial charge on any atom is 2.00 e. The standard InChI is InChI=1S/Fe.4O.W/q+2;4*-2;. The minimum atomic E-state index is 0. The van der Waals surface area contributed by atoms with Gasteiger partial charge in [0, 0.05) is 21.1 Å². The van der Waals surface area contributed by atoms with Crippen molar-refractivity contribution in [3.63, 3.8) is 0 Å². The first-order valence-corrected chi connectivity index (χ1v) is 0. The van der Waals surface area contributed by atoms with Crippen molar-refractivity contribution in [2.45, 2.75) is 0 Å². The molecule has 0 heterocycles. The molecule has 0 saturated heterocycles. The summed E-state index contributed by atoms with van der Waals surface area (Å²) in [5.74, 6) is 0. The van der Waals surface area contributed by atoms with E-state index in [2.05, 4.69) is 0 Å². The molecule has 0 rings (SSSR count). The van der Waals surface area contributed by atoms with Gasteiger partial charge in [-0.25, -0.2) is 0 Å². The Kier molecular flexibility index (Phi) is 5490. The van der Waals surface area contributed by atoms with Crippen LogP contribution in [0.15, 0.2) is 0 Å². The van der Waals surface area contributed by atoms with Crippen molar-refractivity contribution in [1.29, 1.82) is 0 Å². The summed E-state index contributed by atoms with van der Waals surface area (Å²) in [4.78, 5) is 0. The van der Waals surface area contributed by atoms with Gasteiger partial charge in [-0.3, -0.25) is 0 Å². The van der Waals surface area contributed by atoms with Crippen LogP contribution in [0.2, 0.25) is 0 Å². The average molecular weight is 304 g/mol. The van der Waals surface area contributed by atoms with E-state index in [0.717, 1.165) is 0 Å². The van der Waals surface area contributed by atoms with Gasteiger partial charge in [0.2, 0.25) is 0 Å². The van der Waals surface area contributed by atoms with Gasteiger partial charge in [0.05, 0.1) is 0 Å². The molecule has 0 aromatic carbocycles. The van der Waals surface area contributed by atoms with Crippen molar-refractivity contribution in [1.82, 2.24) is 0 Å². The van der Waals surface area contributed by atoms with Crippen molar-refractivity contribution < 1.29 is 60.0 Å². The Hall–Kier alpha value is 1.05. The Morgan fingerprint density at radius 3 is 0.500 bits per heavy atom. The zero-order valence-corrected chi connectivity index (χ0v) is 6.43. The Labute approximate surface area is 60.3 Å². The van der Waals surface area contributed by atoms with Crippen LogP contribution in [0.25, 0.3) is 0 Å². The fraction of sp³-hybridized carbons (Fsp3) is 0. The Morgan fingerprint density at radius 2 is 0.500 bits per heavy atom. The molecule has 0 aromatic heterocycles. The summed E-state index contributed by atoms with van der Waals surface area (Å²) in [6.07, 6.45) is 0. The third kappa shape index (κ3) is 75.3. The average Bonchev–Trinajstić information content (AvgIpc) is 0. The SMILES string of the molecule is [Fe+2].[O-2].[O-2].[O-2].[O-2].[W]. The molecule has 0 aliphatic carbocycles. The van der Waals surface area contributed by atoms with E-state index in [9.17, 15) is 0 Å². The second kappa shape index (κ2) is 140.